The molecule has 0 bridgehead atoms. The fourth-order valence-corrected chi connectivity index (χ4v) is 2.84. The van der Waals surface area contributed by atoms with Gasteiger partial charge in [0.25, 0.3) is 5.91 Å². The number of amides is 1. The molecule has 26 heavy (non-hydrogen) atoms. The Labute approximate surface area is 148 Å². The molecule has 0 radical (unpaired) electrons. The summed E-state index contributed by atoms with van der Waals surface area (Å²) in [7, 11) is 0. The summed E-state index contributed by atoms with van der Waals surface area (Å²) in [6.45, 7) is 0.740. The predicted molar refractivity (Wildman–Crippen MR) is 90.5 cm³/mol. The van der Waals surface area contributed by atoms with Crippen LogP contribution in [0.1, 0.15) is 27.8 Å². The van der Waals surface area contributed by atoms with E-state index in [0.29, 0.717) is 18.8 Å². The quantitative estimate of drug-likeness (QED) is 0.780. The number of carbonyl (C=O) groups excluding carboxylic acids is 1. The van der Waals surface area contributed by atoms with Gasteiger partial charge in [-0.15, -0.1) is 0 Å². The van der Waals surface area contributed by atoms with Crippen molar-refractivity contribution in [3.05, 3.63) is 83.2 Å². The number of hydrogen-bond acceptors (Lipinski definition) is 3. The van der Waals surface area contributed by atoms with Crippen molar-refractivity contribution < 1.29 is 18.3 Å². The SMILES string of the molecule is O=C(Nc1ccc(F)cc1)c1cc2n(n1)C[C@H](c1ccc(F)cc1)OC2. The standard InChI is InChI=1S/C19H15F2N3O2/c20-13-3-1-12(2-4-13)18-10-24-16(11-26-18)9-17(23-24)19(25)22-15-7-5-14(21)6-8-15/h1-9,18H,10-11H2,(H,22,25)/t18-/m1/s1. The number of benzene rings is 2. The van der Waals surface area contributed by atoms with E-state index in [4.69, 9.17) is 4.74 Å². The first-order chi connectivity index (χ1) is 12.6. The molecule has 0 unspecified atom stereocenters. The number of aromatic nitrogens is 2. The first kappa shape index (κ1) is 16.4. The van der Waals surface area contributed by atoms with Crippen LogP contribution in [0, 0.1) is 11.6 Å². The van der Waals surface area contributed by atoms with Gasteiger partial charge in [-0.05, 0) is 48.0 Å². The van der Waals surface area contributed by atoms with E-state index in [-0.39, 0.29) is 29.3 Å². The highest BCUT2D eigenvalue weighted by atomic mass is 19.1. The van der Waals surface area contributed by atoms with Crippen LogP contribution in [0.5, 0.6) is 0 Å². The van der Waals surface area contributed by atoms with Gasteiger partial charge in [0, 0.05) is 5.69 Å². The maximum Gasteiger partial charge on any atom is 0.276 e. The number of fused-ring (bicyclic) bond motifs is 1. The zero-order valence-electron chi connectivity index (χ0n) is 13.7. The summed E-state index contributed by atoms with van der Waals surface area (Å²) in [6, 6.07) is 13.3. The third-order valence-corrected chi connectivity index (χ3v) is 4.21. The van der Waals surface area contributed by atoms with Gasteiger partial charge >= 0.3 is 0 Å². The van der Waals surface area contributed by atoms with Gasteiger partial charge in [-0.25, -0.2) is 8.78 Å². The van der Waals surface area contributed by atoms with Crippen LogP contribution in [0.3, 0.4) is 0 Å². The third-order valence-electron chi connectivity index (χ3n) is 4.21. The second-order valence-corrected chi connectivity index (χ2v) is 6.02. The molecule has 0 spiro atoms. The molecule has 1 atom stereocenters. The zero-order valence-corrected chi connectivity index (χ0v) is 13.7. The minimum Gasteiger partial charge on any atom is -0.365 e. The van der Waals surface area contributed by atoms with Crippen molar-refractivity contribution in [3.63, 3.8) is 0 Å². The Morgan fingerprint density at radius 3 is 2.42 bits per heavy atom. The van der Waals surface area contributed by atoms with E-state index in [0.717, 1.165) is 11.3 Å². The van der Waals surface area contributed by atoms with E-state index < -0.39 is 0 Å². The van der Waals surface area contributed by atoms with Crippen molar-refractivity contribution in [2.24, 2.45) is 0 Å². The third kappa shape index (κ3) is 3.34. The number of ether oxygens (including phenoxy) is 1. The van der Waals surface area contributed by atoms with E-state index in [1.165, 1.54) is 36.4 Å². The summed E-state index contributed by atoms with van der Waals surface area (Å²) in [6.07, 6.45) is -0.254. The van der Waals surface area contributed by atoms with Gasteiger partial charge in [-0.3, -0.25) is 9.48 Å². The van der Waals surface area contributed by atoms with E-state index in [1.807, 2.05) is 0 Å². The van der Waals surface area contributed by atoms with Crippen molar-refractivity contribution in [2.75, 3.05) is 5.32 Å². The Hall–Kier alpha value is -3.06. The van der Waals surface area contributed by atoms with Crippen molar-refractivity contribution in [1.82, 2.24) is 9.78 Å². The molecule has 1 N–H and O–H groups in total. The lowest BCUT2D eigenvalue weighted by atomic mass is 10.1. The molecular weight excluding hydrogens is 340 g/mol. The topological polar surface area (TPSA) is 56.2 Å². The van der Waals surface area contributed by atoms with Crippen LogP contribution in [0.15, 0.2) is 54.6 Å². The number of halogens is 2. The fraction of sp³-hybridized carbons (Fsp3) is 0.158. The van der Waals surface area contributed by atoms with Crippen LogP contribution in [0.2, 0.25) is 0 Å². The maximum absolute atomic E-state index is 13.1. The van der Waals surface area contributed by atoms with Crippen LogP contribution >= 0.6 is 0 Å². The minimum absolute atomic E-state index is 0.254. The van der Waals surface area contributed by atoms with Gasteiger partial charge in [0.05, 0.1) is 18.8 Å². The van der Waals surface area contributed by atoms with E-state index in [2.05, 4.69) is 10.4 Å². The summed E-state index contributed by atoms with van der Waals surface area (Å²) in [5.41, 5.74) is 2.38. The molecule has 4 rings (SSSR count). The summed E-state index contributed by atoms with van der Waals surface area (Å²) < 4.78 is 33.5. The van der Waals surface area contributed by atoms with Gasteiger partial charge in [0.1, 0.15) is 17.7 Å². The molecule has 0 saturated carbocycles. The summed E-state index contributed by atoms with van der Waals surface area (Å²) in [5, 5.41) is 7.01. The number of nitrogens with one attached hydrogen (secondary N) is 1. The van der Waals surface area contributed by atoms with Crippen molar-refractivity contribution >= 4 is 11.6 Å². The van der Waals surface area contributed by atoms with Crippen LogP contribution in [0.4, 0.5) is 14.5 Å². The van der Waals surface area contributed by atoms with Gasteiger partial charge in [0.2, 0.25) is 0 Å². The Kier molecular flexibility index (Phi) is 4.22. The molecular formula is C19H15F2N3O2. The molecule has 1 aliphatic rings. The normalized spacial score (nSPS) is 16.2. The molecule has 132 valence electrons. The smallest absolute Gasteiger partial charge is 0.276 e. The number of hydrogen-bond donors (Lipinski definition) is 1. The maximum atomic E-state index is 13.1. The largest absolute Gasteiger partial charge is 0.365 e. The number of rotatable bonds is 3. The van der Waals surface area contributed by atoms with Crippen molar-refractivity contribution in [3.8, 4) is 0 Å². The summed E-state index contributed by atoms with van der Waals surface area (Å²) in [5.74, 6) is -1.05. The molecule has 1 amide bonds. The molecule has 1 aliphatic heterocycles. The molecule has 5 nitrogen and oxygen atoms in total. The van der Waals surface area contributed by atoms with Crippen LogP contribution < -0.4 is 5.32 Å². The zero-order chi connectivity index (χ0) is 18.1. The average molecular weight is 355 g/mol. The van der Waals surface area contributed by atoms with Gasteiger partial charge in [0.15, 0.2) is 5.69 Å². The second-order valence-electron chi connectivity index (χ2n) is 6.02. The lowest BCUT2D eigenvalue weighted by Gasteiger charge is -2.24. The van der Waals surface area contributed by atoms with Crippen LogP contribution in [0.25, 0.3) is 0 Å². The van der Waals surface area contributed by atoms with Crippen molar-refractivity contribution in [2.45, 2.75) is 19.3 Å². The minimum atomic E-state index is -0.378. The van der Waals surface area contributed by atoms with Crippen LogP contribution in [-0.4, -0.2) is 15.7 Å². The highest BCUT2D eigenvalue weighted by molar-refractivity contribution is 6.02. The Bertz CT molecular complexity index is 936. The second kappa shape index (κ2) is 6.68. The van der Waals surface area contributed by atoms with Gasteiger partial charge < -0.3 is 10.1 Å². The van der Waals surface area contributed by atoms with Gasteiger partial charge in [-0.1, -0.05) is 12.1 Å². The average Bonchev–Trinajstić information content (AvgIpc) is 3.08. The first-order valence-electron chi connectivity index (χ1n) is 8.09. The highest BCUT2D eigenvalue weighted by Crippen LogP contribution is 2.27. The van der Waals surface area contributed by atoms with Crippen LogP contribution in [-0.2, 0) is 17.9 Å². The van der Waals surface area contributed by atoms with E-state index >= 15 is 0 Å². The van der Waals surface area contributed by atoms with E-state index in [1.54, 1.807) is 22.9 Å². The fourth-order valence-electron chi connectivity index (χ4n) is 2.84. The van der Waals surface area contributed by atoms with E-state index in [9.17, 15) is 13.6 Å². The molecule has 2 aromatic carbocycles. The molecule has 0 fully saturated rings. The number of nitrogens with zero attached hydrogens (tertiary/aromatic N) is 2. The summed E-state index contributed by atoms with van der Waals surface area (Å²) in [4.78, 5) is 12.3. The molecule has 2 heterocycles. The monoisotopic (exact) mass is 355 g/mol. The highest BCUT2D eigenvalue weighted by Gasteiger charge is 2.24. The predicted octanol–water partition coefficient (Wildman–Crippen LogP) is 3.69. The van der Waals surface area contributed by atoms with Gasteiger partial charge in [-0.2, -0.15) is 5.10 Å². The Morgan fingerprint density at radius 1 is 1.08 bits per heavy atom. The lowest BCUT2D eigenvalue weighted by Crippen LogP contribution is -2.22. The Balaban J connectivity index is 1.49. The molecule has 7 heteroatoms. The summed E-state index contributed by atoms with van der Waals surface area (Å²) >= 11 is 0. The van der Waals surface area contributed by atoms with Crippen molar-refractivity contribution in [1.29, 1.82) is 0 Å². The number of anilines is 1. The Morgan fingerprint density at radius 2 is 1.73 bits per heavy atom. The molecule has 3 aromatic rings. The molecule has 0 saturated heterocycles. The lowest BCUT2D eigenvalue weighted by molar-refractivity contribution is -0.00122. The first-order valence-corrected chi connectivity index (χ1v) is 8.09. The molecule has 1 aromatic heterocycles. The molecule has 0 aliphatic carbocycles. The number of carbonyl (C=O) groups is 1.